The van der Waals surface area contributed by atoms with E-state index in [1.807, 2.05) is 24.3 Å². The lowest BCUT2D eigenvalue weighted by Crippen LogP contribution is -2.13. The SMILES string of the molecule is Clc1ccc(CNCc2cnccn2)cc1. The van der Waals surface area contributed by atoms with E-state index in [-0.39, 0.29) is 0 Å². The molecular formula is C12H12ClN3. The van der Waals surface area contributed by atoms with E-state index in [0.717, 1.165) is 23.8 Å². The molecule has 2 aromatic rings. The number of halogens is 1. The zero-order valence-corrected chi connectivity index (χ0v) is 9.48. The molecule has 16 heavy (non-hydrogen) atoms. The Balaban J connectivity index is 1.82. The quantitative estimate of drug-likeness (QED) is 0.882. The number of rotatable bonds is 4. The fraction of sp³-hybridized carbons (Fsp3) is 0.167. The van der Waals surface area contributed by atoms with Crippen molar-refractivity contribution in [3.8, 4) is 0 Å². The molecule has 0 fully saturated rings. The summed E-state index contributed by atoms with van der Waals surface area (Å²) in [5.41, 5.74) is 2.14. The predicted molar refractivity (Wildman–Crippen MR) is 64.0 cm³/mol. The monoisotopic (exact) mass is 233 g/mol. The van der Waals surface area contributed by atoms with Crippen LogP contribution in [-0.2, 0) is 13.1 Å². The molecule has 0 aliphatic carbocycles. The third-order valence-corrected chi connectivity index (χ3v) is 2.42. The van der Waals surface area contributed by atoms with Crippen molar-refractivity contribution in [2.45, 2.75) is 13.1 Å². The van der Waals surface area contributed by atoms with E-state index in [1.54, 1.807) is 18.6 Å². The van der Waals surface area contributed by atoms with Gasteiger partial charge in [-0.25, -0.2) is 0 Å². The number of nitrogens with zero attached hydrogens (tertiary/aromatic N) is 2. The molecule has 1 aromatic heterocycles. The fourth-order valence-corrected chi connectivity index (χ4v) is 1.48. The van der Waals surface area contributed by atoms with Crippen molar-refractivity contribution < 1.29 is 0 Å². The Morgan fingerprint density at radius 2 is 1.88 bits per heavy atom. The van der Waals surface area contributed by atoms with Gasteiger partial charge in [0.2, 0.25) is 0 Å². The third kappa shape index (κ3) is 3.29. The molecule has 82 valence electrons. The van der Waals surface area contributed by atoms with Gasteiger partial charge in [0.05, 0.1) is 5.69 Å². The Morgan fingerprint density at radius 1 is 1.06 bits per heavy atom. The molecular weight excluding hydrogens is 222 g/mol. The molecule has 0 unspecified atom stereocenters. The first-order valence-electron chi connectivity index (χ1n) is 5.04. The Kier molecular flexibility index (Phi) is 3.86. The Hall–Kier alpha value is -1.45. The Morgan fingerprint density at radius 3 is 2.56 bits per heavy atom. The van der Waals surface area contributed by atoms with Gasteiger partial charge in [-0.15, -0.1) is 0 Å². The zero-order valence-electron chi connectivity index (χ0n) is 8.73. The van der Waals surface area contributed by atoms with Crippen molar-refractivity contribution >= 4 is 11.6 Å². The second-order valence-electron chi connectivity index (χ2n) is 3.43. The minimum absolute atomic E-state index is 0.719. The highest BCUT2D eigenvalue weighted by Gasteiger charge is 1.95. The summed E-state index contributed by atoms with van der Waals surface area (Å²) >= 11 is 5.80. The molecule has 0 radical (unpaired) electrons. The zero-order chi connectivity index (χ0) is 11.2. The highest BCUT2D eigenvalue weighted by atomic mass is 35.5. The van der Waals surface area contributed by atoms with E-state index in [4.69, 9.17) is 11.6 Å². The van der Waals surface area contributed by atoms with Crippen molar-refractivity contribution in [1.29, 1.82) is 0 Å². The molecule has 4 heteroatoms. The van der Waals surface area contributed by atoms with Gasteiger partial charge in [0.15, 0.2) is 0 Å². The van der Waals surface area contributed by atoms with Gasteiger partial charge in [0, 0.05) is 36.7 Å². The van der Waals surface area contributed by atoms with Gasteiger partial charge in [0.1, 0.15) is 0 Å². The number of hydrogen-bond donors (Lipinski definition) is 1. The van der Waals surface area contributed by atoms with Crippen LogP contribution in [0.3, 0.4) is 0 Å². The first-order valence-corrected chi connectivity index (χ1v) is 5.42. The summed E-state index contributed by atoms with van der Waals surface area (Å²) < 4.78 is 0. The van der Waals surface area contributed by atoms with Crippen LogP contribution in [0.4, 0.5) is 0 Å². The maximum atomic E-state index is 5.80. The molecule has 1 N–H and O–H groups in total. The molecule has 0 aliphatic rings. The van der Waals surface area contributed by atoms with Gasteiger partial charge in [0.25, 0.3) is 0 Å². The molecule has 0 saturated carbocycles. The maximum absolute atomic E-state index is 5.80. The van der Waals surface area contributed by atoms with E-state index in [1.165, 1.54) is 5.56 Å². The number of hydrogen-bond acceptors (Lipinski definition) is 3. The van der Waals surface area contributed by atoms with Gasteiger partial charge >= 0.3 is 0 Å². The van der Waals surface area contributed by atoms with Crippen LogP contribution in [-0.4, -0.2) is 9.97 Å². The predicted octanol–water partition coefficient (Wildman–Crippen LogP) is 2.42. The van der Waals surface area contributed by atoms with Crippen LogP contribution in [0, 0.1) is 0 Å². The average molecular weight is 234 g/mol. The molecule has 0 saturated heterocycles. The third-order valence-electron chi connectivity index (χ3n) is 2.17. The van der Waals surface area contributed by atoms with Crippen LogP contribution in [0.2, 0.25) is 5.02 Å². The summed E-state index contributed by atoms with van der Waals surface area (Å²) in [5, 5.41) is 4.05. The summed E-state index contributed by atoms with van der Waals surface area (Å²) in [6.45, 7) is 1.52. The molecule has 1 aromatic carbocycles. The number of benzene rings is 1. The molecule has 3 nitrogen and oxygen atoms in total. The van der Waals surface area contributed by atoms with Crippen LogP contribution >= 0.6 is 11.6 Å². The van der Waals surface area contributed by atoms with Crippen LogP contribution < -0.4 is 5.32 Å². The molecule has 2 rings (SSSR count). The largest absolute Gasteiger partial charge is 0.307 e. The van der Waals surface area contributed by atoms with E-state index in [0.29, 0.717) is 0 Å². The van der Waals surface area contributed by atoms with Crippen LogP contribution in [0.25, 0.3) is 0 Å². The van der Waals surface area contributed by atoms with Gasteiger partial charge in [-0.1, -0.05) is 23.7 Å². The van der Waals surface area contributed by atoms with Crippen molar-refractivity contribution in [3.63, 3.8) is 0 Å². The topological polar surface area (TPSA) is 37.8 Å². The maximum Gasteiger partial charge on any atom is 0.0724 e. The highest BCUT2D eigenvalue weighted by Crippen LogP contribution is 2.09. The molecule has 0 atom stereocenters. The van der Waals surface area contributed by atoms with Crippen molar-refractivity contribution in [2.24, 2.45) is 0 Å². The normalized spacial score (nSPS) is 10.3. The van der Waals surface area contributed by atoms with Gasteiger partial charge in [-0.05, 0) is 17.7 Å². The molecule has 0 amide bonds. The molecule has 0 aliphatic heterocycles. The van der Waals surface area contributed by atoms with Crippen molar-refractivity contribution in [2.75, 3.05) is 0 Å². The second-order valence-corrected chi connectivity index (χ2v) is 3.86. The Bertz CT molecular complexity index is 428. The Labute approximate surface area is 99.5 Å². The van der Waals surface area contributed by atoms with E-state index < -0.39 is 0 Å². The van der Waals surface area contributed by atoms with Crippen molar-refractivity contribution in [3.05, 3.63) is 59.1 Å². The van der Waals surface area contributed by atoms with Crippen molar-refractivity contribution in [1.82, 2.24) is 15.3 Å². The van der Waals surface area contributed by atoms with E-state index >= 15 is 0 Å². The summed E-state index contributed by atoms with van der Waals surface area (Å²) in [7, 11) is 0. The minimum Gasteiger partial charge on any atom is -0.307 e. The van der Waals surface area contributed by atoms with Crippen LogP contribution in [0.5, 0.6) is 0 Å². The average Bonchev–Trinajstić information content (AvgIpc) is 2.33. The van der Waals surface area contributed by atoms with E-state index in [9.17, 15) is 0 Å². The standard InChI is InChI=1S/C12H12ClN3/c13-11-3-1-10(2-4-11)7-15-9-12-8-14-5-6-16-12/h1-6,8,15H,7,9H2. The fourth-order valence-electron chi connectivity index (χ4n) is 1.36. The molecule has 1 heterocycles. The lowest BCUT2D eigenvalue weighted by atomic mass is 10.2. The van der Waals surface area contributed by atoms with Gasteiger partial charge < -0.3 is 5.32 Å². The number of nitrogens with one attached hydrogen (secondary N) is 1. The number of aromatic nitrogens is 2. The lowest BCUT2D eigenvalue weighted by Gasteiger charge is -2.04. The molecule has 0 spiro atoms. The summed E-state index contributed by atoms with van der Waals surface area (Å²) in [5.74, 6) is 0. The lowest BCUT2D eigenvalue weighted by molar-refractivity contribution is 0.677. The van der Waals surface area contributed by atoms with Crippen LogP contribution in [0.1, 0.15) is 11.3 Å². The van der Waals surface area contributed by atoms with Crippen LogP contribution in [0.15, 0.2) is 42.9 Å². The van der Waals surface area contributed by atoms with Gasteiger partial charge in [-0.2, -0.15) is 0 Å². The summed E-state index contributed by atoms with van der Waals surface area (Å²) in [4.78, 5) is 8.18. The smallest absolute Gasteiger partial charge is 0.0724 e. The first-order chi connectivity index (χ1) is 7.84. The van der Waals surface area contributed by atoms with Gasteiger partial charge in [-0.3, -0.25) is 9.97 Å². The minimum atomic E-state index is 0.719. The first kappa shape index (κ1) is 11.0. The summed E-state index contributed by atoms with van der Waals surface area (Å²) in [6, 6.07) is 7.79. The molecule has 0 bridgehead atoms. The highest BCUT2D eigenvalue weighted by molar-refractivity contribution is 6.30. The summed E-state index contributed by atoms with van der Waals surface area (Å²) in [6.07, 6.45) is 5.12. The second kappa shape index (κ2) is 5.58. The van der Waals surface area contributed by atoms with E-state index in [2.05, 4.69) is 15.3 Å².